The number of amides is 3. The number of esters is 1. The number of hydrogen-bond donors (Lipinski definition) is 0. The molecule has 0 atom stereocenters. The van der Waals surface area contributed by atoms with Gasteiger partial charge in [0.25, 0.3) is 0 Å². The van der Waals surface area contributed by atoms with E-state index in [-0.39, 0.29) is 56.1 Å². The van der Waals surface area contributed by atoms with Crippen molar-refractivity contribution in [2.45, 2.75) is 78.1 Å². The molecule has 1 aromatic rings. The van der Waals surface area contributed by atoms with Crippen LogP contribution in [-0.4, -0.2) is 94.6 Å². The smallest absolute Gasteiger partial charge is 0.668 e. The van der Waals surface area contributed by atoms with Crippen molar-refractivity contribution in [2.75, 3.05) is 39.3 Å². The molecule has 0 radical (unpaired) electrons. The van der Waals surface area contributed by atoms with Gasteiger partial charge in [0, 0.05) is 32.2 Å². The van der Waals surface area contributed by atoms with Crippen molar-refractivity contribution >= 4 is 34.6 Å². The summed E-state index contributed by atoms with van der Waals surface area (Å²) in [6, 6.07) is 9.55. The SMILES string of the molecule is CCOC(=O)CN1CCCN(C2CCN(C(=O)OCc3ccccc3)CC2)C1=O.C[Si](C)(C)[N-][Si](C)(C)C.[Li+]. The summed E-state index contributed by atoms with van der Waals surface area (Å²) in [5.74, 6) is -0.376. The Morgan fingerprint density at radius 3 is 2.03 bits per heavy atom. The molecule has 0 N–H and O–H groups in total. The van der Waals surface area contributed by atoms with Gasteiger partial charge in [0.15, 0.2) is 0 Å². The normalized spacial score (nSPS) is 16.6. The maximum Gasteiger partial charge on any atom is 1.00 e. The van der Waals surface area contributed by atoms with Gasteiger partial charge < -0.3 is 28.8 Å². The van der Waals surface area contributed by atoms with Crippen LogP contribution in [0.4, 0.5) is 9.59 Å². The molecular weight excluding hydrogens is 523 g/mol. The van der Waals surface area contributed by atoms with Crippen molar-refractivity contribution in [1.82, 2.24) is 14.7 Å². The molecule has 1 aromatic carbocycles. The molecule has 9 nitrogen and oxygen atoms in total. The molecule has 0 aromatic heterocycles. The van der Waals surface area contributed by atoms with Crippen molar-refractivity contribution in [3.63, 3.8) is 0 Å². The van der Waals surface area contributed by atoms with Crippen molar-refractivity contribution in [3.8, 4) is 0 Å². The van der Waals surface area contributed by atoms with E-state index in [1.54, 1.807) is 16.7 Å². The second kappa shape index (κ2) is 16.5. The van der Waals surface area contributed by atoms with E-state index in [2.05, 4.69) is 39.3 Å². The summed E-state index contributed by atoms with van der Waals surface area (Å²) < 4.78 is 15.2. The number of ether oxygens (including phenoxy) is 2. The van der Waals surface area contributed by atoms with Gasteiger partial charge in [-0.2, -0.15) is 0 Å². The molecule has 3 rings (SSSR count). The predicted molar refractivity (Wildman–Crippen MR) is 156 cm³/mol. The summed E-state index contributed by atoms with van der Waals surface area (Å²) in [5, 5.41) is 0. The van der Waals surface area contributed by atoms with Gasteiger partial charge in [-0.3, -0.25) is 4.79 Å². The number of nitrogens with zero attached hydrogens (tertiary/aromatic N) is 4. The third kappa shape index (κ3) is 13.4. The van der Waals surface area contributed by atoms with Crippen LogP contribution in [0.15, 0.2) is 30.3 Å². The van der Waals surface area contributed by atoms with Crippen LogP contribution in [0.2, 0.25) is 39.3 Å². The summed E-state index contributed by atoms with van der Waals surface area (Å²) in [6.07, 6.45) is 1.92. The van der Waals surface area contributed by atoms with Crippen LogP contribution in [0, 0.1) is 0 Å². The predicted octanol–water partition coefficient (Wildman–Crippen LogP) is 2.51. The molecule has 0 aliphatic carbocycles. The molecule has 214 valence electrons. The average molecular weight is 571 g/mol. The fourth-order valence-corrected chi connectivity index (χ4v) is 12.9. The van der Waals surface area contributed by atoms with Crippen LogP contribution >= 0.6 is 0 Å². The number of benzene rings is 1. The van der Waals surface area contributed by atoms with Gasteiger partial charge in [0.1, 0.15) is 13.2 Å². The Morgan fingerprint density at radius 1 is 0.923 bits per heavy atom. The maximum absolute atomic E-state index is 12.8. The minimum absolute atomic E-state index is 0. The molecule has 2 aliphatic rings. The standard InChI is InChI=1S/C21H29N3O5.C6H18NSi2.Li/c1-2-28-19(25)15-23-11-6-12-24(20(23)26)18-9-13-22(14-10-18)21(27)29-16-17-7-4-3-5-8-17;1-8(2,3)7-9(4,5)6;/h3-5,7-8,18H,2,6,9-16H2,1H3;1-6H3;/q;-1;+1. The van der Waals surface area contributed by atoms with E-state index >= 15 is 0 Å². The average Bonchev–Trinajstić information content (AvgIpc) is 2.83. The van der Waals surface area contributed by atoms with Crippen molar-refractivity contribution in [2.24, 2.45) is 0 Å². The van der Waals surface area contributed by atoms with Gasteiger partial charge in [-0.05, 0) is 31.7 Å². The summed E-state index contributed by atoms with van der Waals surface area (Å²) in [5.41, 5.74) is 0.955. The minimum Gasteiger partial charge on any atom is -0.668 e. The zero-order valence-corrected chi connectivity index (χ0v) is 27.4. The first-order chi connectivity index (χ1) is 17.8. The van der Waals surface area contributed by atoms with E-state index in [1.165, 1.54) is 0 Å². The van der Waals surface area contributed by atoms with Crippen LogP contribution < -0.4 is 18.9 Å². The van der Waals surface area contributed by atoms with Gasteiger partial charge in [-0.25, -0.2) is 9.59 Å². The number of hydrogen-bond acceptors (Lipinski definition) is 5. The fraction of sp³-hybridized carbons (Fsp3) is 0.667. The number of carbonyl (C=O) groups excluding carboxylic acids is 3. The van der Waals surface area contributed by atoms with Gasteiger partial charge in [0.2, 0.25) is 0 Å². The van der Waals surface area contributed by atoms with Crippen LogP contribution in [-0.2, 0) is 20.9 Å². The third-order valence-electron chi connectivity index (χ3n) is 6.01. The van der Waals surface area contributed by atoms with Gasteiger partial charge >= 0.3 is 37.0 Å². The topological polar surface area (TPSA) is 93.5 Å². The Hall–Kier alpha value is -1.78. The van der Waals surface area contributed by atoms with Gasteiger partial charge in [-0.15, -0.1) is 0 Å². The molecule has 39 heavy (non-hydrogen) atoms. The van der Waals surface area contributed by atoms with E-state index in [4.69, 9.17) is 14.1 Å². The molecule has 0 unspecified atom stereocenters. The van der Waals surface area contributed by atoms with Crippen LogP contribution in [0.25, 0.3) is 4.65 Å². The summed E-state index contributed by atoms with van der Waals surface area (Å²) in [4.78, 5) is 41.9. The minimum atomic E-state index is -1.11. The number of carbonyl (C=O) groups is 3. The van der Waals surface area contributed by atoms with E-state index < -0.39 is 16.5 Å². The van der Waals surface area contributed by atoms with E-state index in [0.717, 1.165) is 12.0 Å². The Morgan fingerprint density at radius 2 is 1.51 bits per heavy atom. The first kappa shape index (κ1) is 35.2. The van der Waals surface area contributed by atoms with Gasteiger partial charge in [0.05, 0.1) is 6.61 Å². The quantitative estimate of drug-likeness (QED) is 0.354. The van der Waals surface area contributed by atoms with Gasteiger partial charge in [-0.1, -0.05) is 86.1 Å². The van der Waals surface area contributed by atoms with E-state index in [9.17, 15) is 14.4 Å². The monoisotopic (exact) mass is 570 g/mol. The first-order valence-electron chi connectivity index (χ1n) is 13.7. The summed E-state index contributed by atoms with van der Waals surface area (Å²) in [7, 11) is -2.21. The van der Waals surface area contributed by atoms with E-state index in [0.29, 0.717) is 45.6 Å². The fourth-order valence-electron chi connectivity index (χ4n) is 4.83. The molecule has 12 heteroatoms. The molecule has 2 fully saturated rings. The Balaban J connectivity index is 0.000000656. The molecular formula is C27H47LiN4O5Si2. The molecule has 2 saturated heterocycles. The molecule has 3 amide bonds. The molecule has 0 saturated carbocycles. The second-order valence-corrected chi connectivity index (χ2v) is 21.3. The zero-order chi connectivity index (χ0) is 28.3. The number of piperidine rings is 1. The van der Waals surface area contributed by atoms with E-state index in [1.807, 2.05) is 35.2 Å². The van der Waals surface area contributed by atoms with Crippen molar-refractivity contribution in [3.05, 3.63) is 40.5 Å². The summed E-state index contributed by atoms with van der Waals surface area (Å²) in [6.45, 7) is 18.5. The molecule has 0 bridgehead atoms. The number of urea groups is 1. The molecule has 0 spiro atoms. The summed E-state index contributed by atoms with van der Waals surface area (Å²) >= 11 is 0. The first-order valence-corrected chi connectivity index (χ1v) is 20.6. The van der Waals surface area contributed by atoms with Crippen LogP contribution in [0.5, 0.6) is 0 Å². The third-order valence-corrected chi connectivity index (χ3v) is 11.4. The molecule has 2 aliphatic heterocycles. The Labute approximate surface area is 249 Å². The van der Waals surface area contributed by atoms with Crippen molar-refractivity contribution in [1.29, 1.82) is 0 Å². The number of rotatable bonds is 8. The number of likely N-dealkylation sites (tertiary alicyclic amines) is 1. The Kier molecular flexibility index (Phi) is 14.9. The molecule has 2 heterocycles. The van der Waals surface area contributed by atoms with Crippen LogP contribution in [0.3, 0.4) is 0 Å². The van der Waals surface area contributed by atoms with Crippen molar-refractivity contribution < 1.29 is 42.7 Å². The maximum atomic E-state index is 12.8. The zero-order valence-electron chi connectivity index (χ0n) is 25.4. The second-order valence-electron chi connectivity index (χ2n) is 11.8. The Bertz CT molecular complexity index is 892. The van der Waals surface area contributed by atoms with Crippen LogP contribution in [0.1, 0.15) is 31.7 Å². The largest absolute Gasteiger partial charge is 1.00 e.